The van der Waals surface area contributed by atoms with E-state index in [1.165, 1.54) is 11.8 Å². The van der Waals surface area contributed by atoms with Crippen LogP contribution in [0, 0.1) is 0 Å². The molecule has 0 spiro atoms. The normalized spacial score (nSPS) is 10.9. The van der Waals surface area contributed by atoms with Gasteiger partial charge in [-0.25, -0.2) is 4.98 Å². The molecule has 118 valence electrons. The second-order valence-electron chi connectivity index (χ2n) is 5.19. The van der Waals surface area contributed by atoms with E-state index in [0.717, 1.165) is 26.2 Å². The van der Waals surface area contributed by atoms with E-state index >= 15 is 0 Å². The van der Waals surface area contributed by atoms with Gasteiger partial charge in [-0.2, -0.15) is 0 Å². The van der Waals surface area contributed by atoms with Crippen molar-refractivity contribution in [2.75, 3.05) is 12.8 Å². The molecule has 1 heterocycles. The molecule has 3 rings (SSSR count). The third kappa shape index (κ3) is 3.95. The maximum absolute atomic E-state index is 12.3. The zero-order valence-corrected chi connectivity index (χ0v) is 15.0. The van der Waals surface area contributed by atoms with Crippen LogP contribution in [0.25, 0.3) is 11.0 Å². The number of nitrogens with zero attached hydrogens (tertiary/aromatic N) is 2. The second-order valence-corrected chi connectivity index (χ2v) is 7.01. The molecule has 1 N–H and O–H groups in total. The van der Waals surface area contributed by atoms with Crippen molar-refractivity contribution in [3.8, 4) is 0 Å². The molecule has 1 aromatic heterocycles. The molecular formula is C17H16BrN3OS. The minimum Gasteiger partial charge on any atom is -0.341 e. The highest BCUT2D eigenvalue weighted by molar-refractivity contribution is 9.10. The van der Waals surface area contributed by atoms with Gasteiger partial charge >= 0.3 is 0 Å². The first kappa shape index (κ1) is 16.1. The number of aromatic amines is 1. The minimum absolute atomic E-state index is 0.0752. The number of amides is 1. The molecule has 1 amide bonds. The molecule has 23 heavy (non-hydrogen) atoms. The van der Waals surface area contributed by atoms with Crippen molar-refractivity contribution in [2.24, 2.45) is 0 Å². The van der Waals surface area contributed by atoms with Crippen molar-refractivity contribution in [3.05, 3.63) is 58.6 Å². The highest BCUT2D eigenvalue weighted by Gasteiger charge is 2.12. The number of hydrogen-bond donors (Lipinski definition) is 1. The van der Waals surface area contributed by atoms with E-state index < -0.39 is 0 Å². The lowest BCUT2D eigenvalue weighted by Gasteiger charge is -2.17. The van der Waals surface area contributed by atoms with E-state index in [-0.39, 0.29) is 5.91 Å². The first-order valence-electron chi connectivity index (χ1n) is 7.18. The van der Waals surface area contributed by atoms with Gasteiger partial charge in [-0.15, -0.1) is 0 Å². The number of thioether (sulfide) groups is 1. The average Bonchev–Trinajstić information content (AvgIpc) is 2.97. The van der Waals surface area contributed by atoms with Gasteiger partial charge in [-0.05, 0) is 23.8 Å². The smallest absolute Gasteiger partial charge is 0.233 e. The molecule has 0 saturated carbocycles. The lowest BCUT2D eigenvalue weighted by Crippen LogP contribution is -2.27. The number of rotatable bonds is 5. The molecule has 0 saturated heterocycles. The fourth-order valence-corrected chi connectivity index (χ4v) is 3.44. The van der Waals surface area contributed by atoms with Crippen LogP contribution in [-0.2, 0) is 11.3 Å². The van der Waals surface area contributed by atoms with Crippen molar-refractivity contribution >= 4 is 44.6 Å². The number of H-pyrrole nitrogens is 1. The van der Waals surface area contributed by atoms with E-state index in [1.807, 2.05) is 55.6 Å². The number of benzene rings is 2. The molecule has 0 aliphatic rings. The maximum atomic E-state index is 12.3. The van der Waals surface area contributed by atoms with Crippen molar-refractivity contribution in [3.63, 3.8) is 0 Å². The molecule has 2 aromatic carbocycles. The van der Waals surface area contributed by atoms with Gasteiger partial charge in [-0.1, -0.05) is 58.0 Å². The SMILES string of the molecule is CN(Cc1ccccc1Br)C(=O)CSc1nc2ccccc2[nH]1. The van der Waals surface area contributed by atoms with Crippen LogP contribution in [0.4, 0.5) is 0 Å². The van der Waals surface area contributed by atoms with Crippen molar-refractivity contribution < 1.29 is 4.79 Å². The summed E-state index contributed by atoms with van der Waals surface area (Å²) in [5.74, 6) is 0.437. The van der Waals surface area contributed by atoms with Gasteiger partial charge in [0, 0.05) is 18.1 Å². The summed E-state index contributed by atoms with van der Waals surface area (Å²) in [5, 5.41) is 0.772. The predicted molar refractivity (Wildman–Crippen MR) is 97.4 cm³/mol. The van der Waals surface area contributed by atoms with Crippen LogP contribution < -0.4 is 0 Å². The number of hydrogen-bond acceptors (Lipinski definition) is 3. The molecule has 4 nitrogen and oxygen atoms in total. The number of aromatic nitrogens is 2. The number of nitrogens with one attached hydrogen (secondary N) is 1. The Labute approximate surface area is 147 Å². The molecular weight excluding hydrogens is 374 g/mol. The number of imidazole rings is 1. The highest BCUT2D eigenvalue weighted by Crippen LogP contribution is 2.21. The standard InChI is InChI=1S/C17H16BrN3OS/c1-21(10-12-6-2-3-7-13(12)18)16(22)11-23-17-19-14-8-4-5-9-15(14)20-17/h2-9H,10-11H2,1H3,(H,19,20). The first-order chi connectivity index (χ1) is 11.1. The Morgan fingerprint density at radius 2 is 1.96 bits per heavy atom. The van der Waals surface area contributed by atoms with Crippen LogP contribution in [0.5, 0.6) is 0 Å². The Bertz CT molecular complexity index is 800. The predicted octanol–water partition coefficient (Wildman–Crippen LogP) is 4.08. The molecule has 0 atom stereocenters. The summed E-state index contributed by atoms with van der Waals surface area (Å²) in [6, 6.07) is 15.8. The summed E-state index contributed by atoms with van der Waals surface area (Å²) in [6.07, 6.45) is 0. The summed E-state index contributed by atoms with van der Waals surface area (Å²) in [5.41, 5.74) is 3.00. The molecule has 0 unspecified atom stereocenters. The number of carbonyl (C=O) groups is 1. The largest absolute Gasteiger partial charge is 0.341 e. The molecule has 0 bridgehead atoms. The topological polar surface area (TPSA) is 49.0 Å². The lowest BCUT2D eigenvalue weighted by atomic mass is 10.2. The van der Waals surface area contributed by atoms with Crippen LogP contribution in [-0.4, -0.2) is 33.6 Å². The average molecular weight is 390 g/mol. The summed E-state index contributed by atoms with van der Waals surface area (Å²) >= 11 is 4.94. The van der Waals surface area contributed by atoms with Gasteiger partial charge in [0.2, 0.25) is 5.91 Å². The summed E-state index contributed by atoms with van der Waals surface area (Å²) in [7, 11) is 1.82. The van der Waals surface area contributed by atoms with Gasteiger partial charge in [-0.3, -0.25) is 4.79 Å². The third-order valence-corrected chi connectivity index (χ3v) is 5.12. The van der Waals surface area contributed by atoms with Crippen molar-refractivity contribution in [1.29, 1.82) is 0 Å². The van der Waals surface area contributed by atoms with Gasteiger partial charge in [0.15, 0.2) is 5.16 Å². The molecule has 6 heteroatoms. The Kier molecular flexibility index (Phi) is 5.03. The molecule has 0 radical (unpaired) electrons. The van der Waals surface area contributed by atoms with Crippen LogP contribution in [0.3, 0.4) is 0 Å². The summed E-state index contributed by atoms with van der Waals surface area (Å²) in [4.78, 5) is 21.7. The van der Waals surface area contributed by atoms with E-state index in [9.17, 15) is 4.79 Å². The van der Waals surface area contributed by atoms with E-state index in [0.29, 0.717) is 12.3 Å². The molecule has 0 fully saturated rings. The third-order valence-electron chi connectivity index (χ3n) is 3.49. The van der Waals surface area contributed by atoms with Gasteiger partial charge in [0.1, 0.15) is 0 Å². The van der Waals surface area contributed by atoms with Crippen LogP contribution in [0.15, 0.2) is 58.2 Å². The quantitative estimate of drug-likeness (QED) is 0.668. The number of halogens is 1. The van der Waals surface area contributed by atoms with Crippen molar-refractivity contribution in [2.45, 2.75) is 11.7 Å². The number of carbonyl (C=O) groups excluding carboxylic acids is 1. The monoisotopic (exact) mass is 389 g/mol. The Balaban J connectivity index is 1.59. The van der Waals surface area contributed by atoms with E-state index in [1.54, 1.807) is 4.90 Å². The summed E-state index contributed by atoms with van der Waals surface area (Å²) in [6.45, 7) is 0.584. The van der Waals surface area contributed by atoms with Gasteiger partial charge in [0.05, 0.1) is 16.8 Å². The van der Waals surface area contributed by atoms with Gasteiger partial charge < -0.3 is 9.88 Å². The Morgan fingerprint density at radius 3 is 2.74 bits per heavy atom. The second kappa shape index (κ2) is 7.19. The van der Waals surface area contributed by atoms with Crippen LogP contribution in [0.2, 0.25) is 0 Å². The van der Waals surface area contributed by atoms with Gasteiger partial charge in [0.25, 0.3) is 0 Å². The Hall–Kier alpha value is -1.79. The molecule has 0 aliphatic carbocycles. The zero-order chi connectivity index (χ0) is 16.2. The summed E-state index contributed by atoms with van der Waals surface area (Å²) < 4.78 is 1.02. The lowest BCUT2D eigenvalue weighted by molar-refractivity contribution is -0.127. The molecule has 0 aliphatic heterocycles. The van der Waals surface area contributed by atoms with Crippen molar-refractivity contribution in [1.82, 2.24) is 14.9 Å². The van der Waals surface area contributed by atoms with E-state index in [2.05, 4.69) is 25.9 Å². The Morgan fingerprint density at radius 1 is 1.22 bits per heavy atom. The van der Waals surface area contributed by atoms with E-state index in [4.69, 9.17) is 0 Å². The fraction of sp³-hybridized carbons (Fsp3) is 0.176. The fourth-order valence-electron chi connectivity index (χ4n) is 2.21. The highest BCUT2D eigenvalue weighted by atomic mass is 79.9. The minimum atomic E-state index is 0.0752. The number of fused-ring (bicyclic) bond motifs is 1. The number of para-hydroxylation sites is 2. The molecule has 3 aromatic rings. The van der Waals surface area contributed by atoms with Crippen LogP contribution >= 0.6 is 27.7 Å². The zero-order valence-electron chi connectivity index (χ0n) is 12.6. The van der Waals surface area contributed by atoms with Crippen LogP contribution in [0.1, 0.15) is 5.56 Å². The first-order valence-corrected chi connectivity index (χ1v) is 8.96. The maximum Gasteiger partial charge on any atom is 0.233 e.